The van der Waals surface area contributed by atoms with Gasteiger partial charge in [0.05, 0.1) is 27.2 Å². The first-order valence-electron chi connectivity index (χ1n) is 10.3. The molecule has 7 heteroatoms. The van der Waals surface area contributed by atoms with E-state index in [1.54, 1.807) is 38.4 Å². The molecule has 0 radical (unpaired) electrons. The lowest BCUT2D eigenvalue weighted by Gasteiger charge is -2.21. The molecule has 2 aromatic rings. The highest BCUT2D eigenvalue weighted by Gasteiger charge is 2.41. The first-order chi connectivity index (χ1) is 14.9. The lowest BCUT2D eigenvalue weighted by Crippen LogP contribution is -2.39. The Morgan fingerprint density at radius 3 is 2.10 bits per heavy atom. The van der Waals surface area contributed by atoms with Gasteiger partial charge in [-0.05, 0) is 43.7 Å². The molecular formula is C24H30N2O5. The van der Waals surface area contributed by atoms with Crippen LogP contribution in [0.3, 0.4) is 0 Å². The fourth-order valence-electron chi connectivity index (χ4n) is 4.04. The standard InChI is InChI=1S/C24H30N2O5/c1-15(2)25-23(27)19-14-26(24(28)16-9-7-6-8-10-16)13-18(19)17-11-20(29-3)22(31-5)21(12-17)30-4/h6-12,15,18-19H,13-14H2,1-5H3,(H,25,27)/t18-,19+/m0/s1. The molecule has 1 aliphatic heterocycles. The Kier molecular flexibility index (Phi) is 7.05. The molecule has 166 valence electrons. The van der Waals surface area contributed by atoms with Crippen molar-refractivity contribution in [3.63, 3.8) is 0 Å². The van der Waals surface area contributed by atoms with Crippen molar-refractivity contribution in [2.24, 2.45) is 5.92 Å². The van der Waals surface area contributed by atoms with Gasteiger partial charge in [-0.1, -0.05) is 18.2 Å². The van der Waals surface area contributed by atoms with Crippen LogP contribution in [0.25, 0.3) is 0 Å². The molecule has 2 amide bonds. The summed E-state index contributed by atoms with van der Waals surface area (Å²) in [5.74, 6) is 0.778. The maximum Gasteiger partial charge on any atom is 0.253 e. The summed E-state index contributed by atoms with van der Waals surface area (Å²) in [6.45, 7) is 4.61. The van der Waals surface area contributed by atoms with Crippen molar-refractivity contribution < 1.29 is 23.8 Å². The molecule has 0 saturated carbocycles. The third kappa shape index (κ3) is 4.76. The molecule has 3 rings (SSSR count). The van der Waals surface area contributed by atoms with Crippen molar-refractivity contribution in [1.29, 1.82) is 0 Å². The van der Waals surface area contributed by atoms with Gasteiger partial charge in [-0.2, -0.15) is 0 Å². The van der Waals surface area contributed by atoms with E-state index < -0.39 is 5.92 Å². The molecule has 0 spiro atoms. The van der Waals surface area contributed by atoms with Crippen molar-refractivity contribution >= 4 is 11.8 Å². The van der Waals surface area contributed by atoms with Crippen LogP contribution in [0.4, 0.5) is 0 Å². The highest BCUT2D eigenvalue weighted by molar-refractivity contribution is 5.95. The van der Waals surface area contributed by atoms with E-state index in [1.165, 1.54) is 0 Å². The molecule has 0 unspecified atom stereocenters. The number of carbonyl (C=O) groups excluding carboxylic acids is 2. The average Bonchev–Trinajstić information content (AvgIpc) is 3.23. The minimum Gasteiger partial charge on any atom is -0.493 e. The summed E-state index contributed by atoms with van der Waals surface area (Å²) in [6, 6.07) is 12.9. The molecule has 1 heterocycles. The fraction of sp³-hybridized carbons (Fsp3) is 0.417. The van der Waals surface area contributed by atoms with Crippen LogP contribution in [-0.2, 0) is 4.79 Å². The fourth-order valence-corrected chi connectivity index (χ4v) is 4.04. The average molecular weight is 427 g/mol. The Morgan fingerprint density at radius 2 is 1.58 bits per heavy atom. The molecule has 0 aliphatic carbocycles. The van der Waals surface area contributed by atoms with Crippen LogP contribution in [0, 0.1) is 5.92 Å². The molecule has 1 N–H and O–H groups in total. The van der Waals surface area contributed by atoms with E-state index in [4.69, 9.17) is 14.2 Å². The topological polar surface area (TPSA) is 77.1 Å². The molecule has 1 aliphatic rings. The van der Waals surface area contributed by atoms with Gasteiger partial charge in [-0.3, -0.25) is 9.59 Å². The van der Waals surface area contributed by atoms with Crippen LogP contribution in [0.1, 0.15) is 35.7 Å². The highest BCUT2D eigenvalue weighted by atomic mass is 16.5. The smallest absolute Gasteiger partial charge is 0.253 e. The number of rotatable bonds is 7. The van der Waals surface area contributed by atoms with Crippen molar-refractivity contribution in [1.82, 2.24) is 10.2 Å². The molecule has 1 fully saturated rings. The maximum absolute atomic E-state index is 13.1. The van der Waals surface area contributed by atoms with Gasteiger partial charge in [0, 0.05) is 30.6 Å². The highest BCUT2D eigenvalue weighted by Crippen LogP contribution is 2.43. The van der Waals surface area contributed by atoms with E-state index in [-0.39, 0.29) is 23.8 Å². The van der Waals surface area contributed by atoms with Gasteiger partial charge in [0.25, 0.3) is 5.91 Å². The Bertz CT molecular complexity index is 904. The third-order valence-electron chi connectivity index (χ3n) is 5.51. The van der Waals surface area contributed by atoms with Crippen molar-refractivity contribution in [3.8, 4) is 17.2 Å². The number of nitrogens with zero attached hydrogens (tertiary/aromatic N) is 1. The Morgan fingerprint density at radius 1 is 0.968 bits per heavy atom. The predicted octanol–water partition coefficient (Wildman–Crippen LogP) is 3.09. The lowest BCUT2D eigenvalue weighted by molar-refractivity contribution is -0.125. The predicted molar refractivity (Wildman–Crippen MR) is 118 cm³/mol. The van der Waals surface area contributed by atoms with Gasteiger partial charge < -0.3 is 24.4 Å². The van der Waals surface area contributed by atoms with Crippen molar-refractivity contribution in [2.45, 2.75) is 25.8 Å². The van der Waals surface area contributed by atoms with Crippen LogP contribution in [0.5, 0.6) is 17.2 Å². The quantitative estimate of drug-likeness (QED) is 0.736. The first-order valence-corrected chi connectivity index (χ1v) is 10.3. The van der Waals surface area contributed by atoms with Gasteiger partial charge >= 0.3 is 0 Å². The van der Waals surface area contributed by atoms with E-state index in [1.807, 2.05) is 44.2 Å². The van der Waals surface area contributed by atoms with Gasteiger partial charge in [0.1, 0.15) is 0 Å². The van der Waals surface area contributed by atoms with Crippen molar-refractivity contribution in [3.05, 3.63) is 53.6 Å². The number of benzene rings is 2. The molecule has 2 atom stereocenters. The zero-order valence-electron chi connectivity index (χ0n) is 18.7. The monoisotopic (exact) mass is 426 g/mol. The number of ether oxygens (including phenoxy) is 3. The SMILES string of the molecule is COc1cc([C@@H]2CN(C(=O)c3ccccc3)C[C@H]2C(=O)NC(C)C)cc(OC)c1OC. The van der Waals surface area contributed by atoms with E-state index >= 15 is 0 Å². The Labute approximate surface area is 183 Å². The van der Waals surface area contributed by atoms with Crippen LogP contribution in [0.2, 0.25) is 0 Å². The minimum atomic E-state index is -0.391. The number of nitrogens with one attached hydrogen (secondary N) is 1. The molecular weight excluding hydrogens is 396 g/mol. The number of hydrogen-bond donors (Lipinski definition) is 1. The van der Waals surface area contributed by atoms with Crippen LogP contribution >= 0.6 is 0 Å². The summed E-state index contributed by atoms with van der Waals surface area (Å²) < 4.78 is 16.4. The molecule has 7 nitrogen and oxygen atoms in total. The van der Waals surface area contributed by atoms with Gasteiger partial charge in [-0.15, -0.1) is 0 Å². The largest absolute Gasteiger partial charge is 0.493 e. The van der Waals surface area contributed by atoms with Gasteiger partial charge in [0.2, 0.25) is 11.7 Å². The van der Waals surface area contributed by atoms with Gasteiger partial charge in [0.15, 0.2) is 11.5 Å². The second-order valence-electron chi connectivity index (χ2n) is 7.91. The van der Waals surface area contributed by atoms with E-state index in [0.29, 0.717) is 35.9 Å². The summed E-state index contributed by atoms with van der Waals surface area (Å²) in [5, 5.41) is 3.00. The third-order valence-corrected chi connectivity index (χ3v) is 5.51. The first kappa shape index (κ1) is 22.5. The van der Waals surface area contributed by atoms with Crippen LogP contribution in [-0.4, -0.2) is 57.2 Å². The summed E-state index contributed by atoms with van der Waals surface area (Å²) in [6.07, 6.45) is 0. The summed E-state index contributed by atoms with van der Waals surface area (Å²) in [4.78, 5) is 27.9. The molecule has 2 aromatic carbocycles. The zero-order chi connectivity index (χ0) is 22.5. The number of carbonyl (C=O) groups is 2. The van der Waals surface area contributed by atoms with E-state index in [2.05, 4.69) is 5.32 Å². The van der Waals surface area contributed by atoms with E-state index in [0.717, 1.165) is 5.56 Å². The summed E-state index contributed by atoms with van der Waals surface area (Å²) >= 11 is 0. The van der Waals surface area contributed by atoms with Crippen LogP contribution in [0.15, 0.2) is 42.5 Å². The second-order valence-corrected chi connectivity index (χ2v) is 7.91. The Hall–Kier alpha value is -3.22. The molecule has 1 saturated heterocycles. The number of methoxy groups -OCH3 is 3. The number of amides is 2. The summed E-state index contributed by atoms with van der Waals surface area (Å²) in [5.41, 5.74) is 1.47. The number of likely N-dealkylation sites (tertiary alicyclic amines) is 1. The maximum atomic E-state index is 13.1. The molecule has 31 heavy (non-hydrogen) atoms. The second kappa shape index (κ2) is 9.73. The lowest BCUT2D eigenvalue weighted by atomic mass is 9.87. The molecule has 0 bridgehead atoms. The Balaban J connectivity index is 1.99. The van der Waals surface area contributed by atoms with Gasteiger partial charge in [-0.25, -0.2) is 0 Å². The normalized spacial score (nSPS) is 18.1. The summed E-state index contributed by atoms with van der Waals surface area (Å²) in [7, 11) is 4.67. The molecule has 0 aromatic heterocycles. The zero-order valence-corrected chi connectivity index (χ0v) is 18.7. The van der Waals surface area contributed by atoms with Crippen LogP contribution < -0.4 is 19.5 Å². The van der Waals surface area contributed by atoms with E-state index in [9.17, 15) is 9.59 Å². The minimum absolute atomic E-state index is 0.00645. The van der Waals surface area contributed by atoms with Crippen molar-refractivity contribution in [2.75, 3.05) is 34.4 Å². The number of hydrogen-bond acceptors (Lipinski definition) is 5.